The number of benzene rings is 1. The highest BCUT2D eigenvalue weighted by Gasteiger charge is 2.17. The van der Waals surface area contributed by atoms with Crippen molar-refractivity contribution >= 4 is 10.9 Å². The molecule has 0 atom stereocenters. The van der Waals surface area contributed by atoms with Gasteiger partial charge in [0.15, 0.2) is 5.43 Å². The Balaban J connectivity index is 2.34. The van der Waals surface area contributed by atoms with Gasteiger partial charge in [-0.05, 0) is 25.7 Å². The molecule has 0 unspecified atom stereocenters. The predicted molar refractivity (Wildman–Crippen MR) is 78.9 cm³/mol. The summed E-state index contributed by atoms with van der Waals surface area (Å²) in [5.41, 5.74) is 2.91. The quantitative estimate of drug-likeness (QED) is 0.856. The van der Waals surface area contributed by atoms with Crippen LogP contribution in [0.25, 0.3) is 10.9 Å². The van der Waals surface area contributed by atoms with Crippen LogP contribution >= 0.6 is 0 Å². The lowest BCUT2D eigenvalue weighted by atomic mass is 10.0. The summed E-state index contributed by atoms with van der Waals surface area (Å²) in [6, 6.07) is 3.63. The van der Waals surface area contributed by atoms with Crippen LogP contribution < -0.4 is 14.9 Å². The Bertz CT molecular complexity index is 703. The SMILES string of the molecule is COc1cc(OC)c2c(=O)c3c([nH]c2c1)CCCCC3. The smallest absolute Gasteiger partial charge is 0.196 e. The molecular weight excluding hydrogens is 254 g/mol. The molecule has 0 aliphatic heterocycles. The van der Waals surface area contributed by atoms with E-state index in [1.54, 1.807) is 20.3 Å². The van der Waals surface area contributed by atoms with Crippen molar-refractivity contribution in [3.05, 3.63) is 33.6 Å². The highest BCUT2D eigenvalue weighted by Crippen LogP contribution is 2.30. The number of rotatable bonds is 2. The molecule has 0 amide bonds. The molecule has 1 aliphatic carbocycles. The fourth-order valence-electron chi connectivity index (χ4n) is 2.99. The Morgan fingerprint density at radius 1 is 1.05 bits per heavy atom. The van der Waals surface area contributed by atoms with E-state index in [1.165, 1.54) is 6.42 Å². The first-order valence-electron chi connectivity index (χ1n) is 7.04. The van der Waals surface area contributed by atoms with Crippen LogP contribution in [0.3, 0.4) is 0 Å². The van der Waals surface area contributed by atoms with E-state index in [1.807, 2.05) is 6.07 Å². The molecule has 20 heavy (non-hydrogen) atoms. The summed E-state index contributed by atoms with van der Waals surface area (Å²) in [5, 5.41) is 0.633. The van der Waals surface area contributed by atoms with E-state index < -0.39 is 0 Å². The summed E-state index contributed by atoms with van der Waals surface area (Å²) >= 11 is 0. The van der Waals surface area contributed by atoms with Crippen molar-refractivity contribution in [1.29, 1.82) is 0 Å². The Morgan fingerprint density at radius 2 is 1.85 bits per heavy atom. The van der Waals surface area contributed by atoms with Crippen molar-refractivity contribution in [1.82, 2.24) is 4.98 Å². The third-order valence-electron chi connectivity index (χ3n) is 4.04. The largest absolute Gasteiger partial charge is 0.497 e. The van der Waals surface area contributed by atoms with Crippen molar-refractivity contribution < 1.29 is 9.47 Å². The number of fused-ring (bicyclic) bond motifs is 2. The standard InChI is InChI=1S/C16H19NO3/c1-19-10-8-13-15(14(9-10)20-2)16(18)11-6-4-3-5-7-12(11)17-13/h8-9H,3-7H2,1-2H3,(H,17,18). The summed E-state index contributed by atoms with van der Waals surface area (Å²) < 4.78 is 10.6. The van der Waals surface area contributed by atoms with Gasteiger partial charge in [-0.3, -0.25) is 4.79 Å². The van der Waals surface area contributed by atoms with E-state index in [4.69, 9.17) is 9.47 Å². The van der Waals surface area contributed by atoms with Gasteiger partial charge in [0.25, 0.3) is 0 Å². The number of aromatic amines is 1. The van der Waals surface area contributed by atoms with Gasteiger partial charge in [-0.15, -0.1) is 0 Å². The maximum Gasteiger partial charge on any atom is 0.196 e. The van der Waals surface area contributed by atoms with E-state index in [0.29, 0.717) is 16.9 Å². The fraction of sp³-hybridized carbons (Fsp3) is 0.438. The minimum atomic E-state index is 0.107. The Morgan fingerprint density at radius 3 is 2.60 bits per heavy atom. The van der Waals surface area contributed by atoms with Gasteiger partial charge < -0.3 is 14.5 Å². The maximum atomic E-state index is 12.8. The van der Waals surface area contributed by atoms with Crippen molar-refractivity contribution in [2.45, 2.75) is 32.1 Å². The van der Waals surface area contributed by atoms with Gasteiger partial charge >= 0.3 is 0 Å². The third-order valence-corrected chi connectivity index (χ3v) is 4.04. The molecule has 106 valence electrons. The van der Waals surface area contributed by atoms with Gasteiger partial charge in [0.2, 0.25) is 0 Å². The van der Waals surface area contributed by atoms with Gasteiger partial charge in [0.1, 0.15) is 11.5 Å². The Labute approximate surface area is 117 Å². The van der Waals surface area contributed by atoms with Gasteiger partial charge in [-0.25, -0.2) is 0 Å². The molecule has 0 bridgehead atoms. The molecule has 1 heterocycles. The number of H-pyrrole nitrogens is 1. The first kappa shape index (κ1) is 13.0. The second kappa shape index (κ2) is 5.19. The molecule has 4 nitrogen and oxygen atoms in total. The van der Waals surface area contributed by atoms with Crippen molar-refractivity contribution in [2.24, 2.45) is 0 Å². The third kappa shape index (κ3) is 2.05. The van der Waals surface area contributed by atoms with Crippen LogP contribution in [0.5, 0.6) is 11.5 Å². The normalized spacial score (nSPS) is 14.7. The van der Waals surface area contributed by atoms with Gasteiger partial charge in [-0.2, -0.15) is 0 Å². The van der Waals surface area contributed by atoms with Crippen LogP contribution in [-0.2, 0) is 12.8 Å². The summed E-state index contributed by atoms with van der Waals surface area (Å²) in [5.74, 6) is 1.27. The molecule has 0 radical (unpaired) electrons. The molecular formula is C16H19NO3. The molecule has 0 spiro atoms. The van der Waals surface area contributed by atoms with E-state index in [-0.39, 0.29) is 5.43 Å². The van der Waals surface area contributed by atoms with Gasteiger partial charge in [-0.1, -0.05) is 6.42 Å². The fourth-order valence-corrected chi connectivity index (χ4v) is 2.99. The second-order valence-corrected chi connectivity index (χ2v) is 5.22. The molecule has 1 aliphatic rings. The number of aryl methyl sites for hydroxylation is 1. The minimum Gasteiger partial charge on any atom is -0.497 e. The van der Waals surface area contributed by atoms with Crippen LogP contribution in [0, 0.1) is 0 Å². The average molecular weight is 273 g/mol. The first-order chi connectivity index (χ1) is 9.74. The average Bonchev–Trinajstić information content (AvgIpc) is 2.71. The van der Waals surface area contributed by atoms with Crippen LogP contribution in [0.15, 0.2) is 16.9 Å². The number of ether oxygens (including phenoxy) is 2. The summed E-state index contributed by atoms with van der Waals surface area (Å²) in [6.45, 7) is 0. The van der Waals surface area contributed by atoms with Gasteiger partial charge in [0.05, 0.1) is 25.1 Å². The lowest BCUT2D eigenvalue weighted by Gasteiger charge is -2.12. The number of aromatic nitrogens is 1. The molecule has 0 fully saturated rings. The number of hydrogen-bond donors (Lipinski definition) is 1. The molecule has 0 saturated carbocycles. The van der Waals surface area contributed by atoms with Crippen molar-refractivity contribution in [3.8, 4) is 11.5 Å². The highest BCUT2D eigenvalue weighted by molar-refractivity contribution is 5.87. The van der Waals surface area contributed by atoms with Crippen LogP contribution in [0.1, 0.15) is 30.5 Å². The minimum absolute atomic E-state index is 0.107. The van der Waals surface area contributed by atoms with Crippen LogP contribution in [0.2, 0.25) is 0 Å². The zero-order valence-electron chi connectivity index (χ0n) is 11.9. The Hall–Kier alpha value is -1.97. The number of nitrogens with one attached hydrogen (secondary N) is 1. The molecule has 1 aromatic heterocycles. The maximum absolute atomic E-state index is 12.8. The van der Waals surface area contributed by atoms with Gasteiger partial charge in [0, 0.05) is 23.4 Å². The number of hydrogen-bond acceptors (Lipinski definition) is 3. The zero-order valence-corrected chi connectivity index (χ0v) is 11.9. The van der Waals surface area contributed by atoms with E-state index in [2.05, 4.69) is 4.98 Å². The van der Waals surface area contributed by atoms with Crippen molar-refractivity contribution in [2.75, 3.05) is 14.2 Å². The molecule has 3 rings (SSSR count). The lowest BCUT2D eigenvalue weighted by Crippen LogP contribution is -2.15. The molecule has 4 heteroatoms. The van der Waals surface area contributed by atoms with E-state index in [9.17, 15) is 4.79 Å². The summed E-state index contributed by atoms with van der Waals surface area (Å²) in [7, 11) is 3.20. The molecule has 2 aromatic rings. The zero-order chi connectivity index (χ0) is 14.1. The number of methoxy groups -OCH3 is 2. The first-order valence-corrected chi connectivity index (χ1v) is 7.04. The summed E-state index contributed by atoms with van der Waals surface area (Å²) in [6.07, 6.45) is 5.20. The van der Waals surface area contributed by atoms with Crippen molar-refractivity contribution in [3.63, 3.8) is 0 Å². The summed E-state index contributed by atoms with van der Waals surface area (Å²) in [4.78, 5) is 16.2. The second-order valence-electron chi connectivity index (χ2n) is 5.22. The van der Waals surface area contributed by atoms with Crippen LogP contribution in [0.4, 0.5) is 0 Å². The molecule has 1 aromatic carbocycles. The number of pyridine rings is 1. The molecule has 1 N–H and O–H groups in total. The topological polar surface area (TPSA) is 51.3 Å². The van der Waals surface area contributed by atoms with E-state index in [0.717, 1.165) is 42.5 Å². The lowest BCUT2D eigenvalue weighted by molar-refractivity contribution is 0.397. The highest BCUT2D eigenvalue weighted by atomic mass is 16.5. The van der Waals surface area contributed by atoms with E-state index >= 15 is 0 Å². The predicted octanol–water partition coefficient (Wildman–Crippen LogP) is 2.81. The molecule has 0 saturated heterocycles. The monoisotopic (exact) mass is 273 g/mol. The van der Waals surface area contributed by atoms with Crippen LogP contribution in [-0.4, -0.2) is 19.2 Å². The Kier molecular flexibility index (Phi) is 3.38.